The Morgan fingerprint density at radius 3 is 2.65 bits per heavy atom. The Labute approximate surface area is 130 Å². The molecule has 1 aromatic carbocycles. The fourth-order valence-electron chi connectivity index (χ4n) is 1.69. The van der Waals surface area contributed by atoms with Gasteiger partial charge in [-0.2, -0.15) is 13.8 Å². The molecule has 23 heavy (non-hydrogen) atoms. The van der Waals surface area contributed by atoms with E-state index in [1.807, 2.05) is 0 Å². The average molecular weight is 352 g/mol. The monoisotopic (exact) mass is 352 g/mol. The highest BCUT2D eigenvalue weighted by molar-refractivity contribution is 7.09. The van der Waals surface area contributed by atoms with Gasteiger partial charge in [-0.05, 0) is 19.1 Å². The number of carbonyl (C=O) groups is 1. The summed E-state index contributed by atoms with van der Waals surface area (Å²) in [6.07, 6.45) is -6.65. The van der Waals surface area contributed by atoms with E-state index < -0.39 is 24.4 Å². The molecule has 0 aliphatic rings. The Hall–Kier alpha value is -2.23. The number of carbonyl (C=O) groups excluding carboxylic acids is 1. The summed E-state index contributed by atoms with van der Waals surface area (Å²) in [6, 6.07) is 4.89. The third-order valence-electron chi connectivity index (χ3n) is 2.49. The number of thiazole rings is 1. The molecule has 2 rings (SSSR count). The van der Waals surface area contributed by atoms with Gasteiger partial charge in [0.25, 0.3) is 0 Å². The van der Waals surface area contributed by atoms with Gasteiger partial charge in [-0.25, -0.2) is 0 Å². The van der Waals surface area contributed by atoms with Crippen molar-refractivity contribution >= 4 is 17.2 Å². The average Bonchev–Trinajstić information content (AvgIpc) is 2.77. The predicted octanol–water partition coefficient (Wildman–Crippen LogP) is 3.44. The van der Waals surface area contributed by atoms with Gasteiger partial charge in [0.2, 0.25) is 0 Å². The molecule has 1 amide bonds. The van der Waals surface area contributed by atoms with E-state index in [9.17, 15) is 26.7 Å². The van der Waals surface area contributed by atoms with E-state index in [-0.39, 0.29) is 10.5 Å². The van der Waals surface area contributed by atoms with Crippen molar-refractivity contribution in [3.63, 3.8) is 0 Å². The summed E-state index contributed by atoms with van der Waals surface area (Å²) in [5.74, 6) is -2.10. The molecule has 0 fully saturated rings. The second kappa shape index (κ2) is 6.49. The molecule has 1 heterocycles. The van der Waals surface area contributed by atoms with Gasteiger partial charge >= 0.3 is 18.7 Å². The number of aromatic nitrogens is 1. The van der Waals surface area contributed by atoms with E-state index in [0.29, 0.717) is 4.88 Å². The molecule has 0 spiro atoms. The first-order valence-electron chi connectivity index (χ1n) is 6.08. The first-order valence-corrected chi connectivity index (χ1v) is 6.89. The molecule has 0 bridgehead atoms. The standard InChI is InChI=1S/C13H9F5N2O2S/c1-7-6-20(12(23-7)19-11(21)10(14)15)8-3-2-4-9(5-8)22-13(16,17)18/h2-6,10H,1H3. The molecular formula is C13H9F5N2O2S. The van der Waals surface area contributed by atoms with Crippen LogP contribution in [0.2, 0.25) is 0 Å². The third kappa shape index (κ3) is 4.62. The molecule has 0 saturated carbocycles. The summed E-state index contributed by atoms with van der Waals surface area (Å²) in [5.41, 5.74) is 0.192. The van der Waals surface area contributed by atoms with Crippen molar-refractivity contribution in [3.8, 4) is 11.4 Å². The first-order chi connectivity index (χ1) is 10.7. The maximum atomic E-state index is 12.3. The van der Waals surface area contributed by atoms with Crippen LogP contribution < -0.4 is 9.54 Å². The van der Waals surface area contributed by atoms with Crippen molar-refractivity contribution in [1.29, 1.82) is 0 Å². The maximum absolute atomic E-state index is 12.3. The number of ether oxygens (including phenoxy) is 1. The minimum atomic E-state index is -4.85. The van der Waals surface area contributed by atoms with Crippen molar-refractivity contribution in [2.24, 2.45) is 4.99 Å². The van der Waals surface area contributed by atoms with E-state index in [2.05, 4.69) is 9.73 Å². The zero-order chi connectivity index (χ0) is 17.2. The number of amides is 1. The number of hydrogen-bond donors (Lipinski definition) is 0. The molecule has 0 saturated heterocycles. The van der Waals surface area contributed by atoms with Gasteiger partial charge < -0.3 is 4.74 Å². The van der Waals surface area contributed by atoms with Crippen LogP contribution in [0.15, 0.2) is 35.5 Å². The quantitative estimate of drug-likeness (QED) is 0.795. The van der Waals surface area contributed by atoms with Crippen LogP contribution in [0.25, 0.3) is 5.69 Å². The summed E-state index contributed by atoms with van der Waals surface area (Å²) in [7, 11) is 0. The van der Waals surface area contributed by atoms with Crippen LogP contribution in [0, 0.1) is 6.92 Å². The minimum Gasteiger partial charge on any atom is -0.406 e. The summed E-state index contributed by atoms with van der Waals surface area (Å²) in [6.45, 7) is 1.64. The van der Waals surface area contributed by atoms with E-state index >= 15 is 0 Å². The molecule has 0 aliphatic heterocycles. The SMILES string of the molecule is Cc1cn(-c2cccc(OC(F)(F)F)c2)c(=NC(=O)C(F)F)s1. The van der Waals surface area contributed by atoms with Crippen LogP contribution in [0.3, 0.4) is 0 Å². The number of aryl methyl sites for hydroxylation is 1. The van der Waals surface area contributed by atoms with Gasteiger partial charge in [-0.1, -0.05) is 6.07 Å². The van der Waals surface area contributed by atoms with Crippen molar-refractivity contribution < 1.29 is 31.5 Å². The van der Waals surface area contributed by atoms with Crippen molar-refractivity contribution in [2.45, 2.75) is 19.7 Å². The molecule has 0 atom stereocenters. The van der Waals surface area contributed by atoms with Gasteiger partial charge in [0, 0.05) is 17.1 Å². The van der Waals surface area contributed by atoms with Gasteiger partial charge in [0.15, 0.2) is 4.80 Å². The Kier molecular flexibility index (Phi) is 4.83. The minimum absolute atomic E-state index is 0.0723. The highest BCUT2D eigenvalue weighted by Crippen LogP contribution is 2.24. The molecule has 0 radical (unpaired) electrons. The number of hydrogen-bond acceptors (Lipinski definition) is 3. The van der Waals surface area contributed by atoms with Crippen molar-refractivity contribution in [3.05, 3.63) is 40.1 Å². The Morgan fingerprint density at radius 2 is 2.04 bits per heavy atom. The molecule has 0 N–H and O–H groups in total. The van der Waals surface area contributed by atoms with E-state index in [1.54, 1.807) is 6.92 Å². The third-order valence-corrected chi connectivity index (χ3v) is 3.39. The van der Waals surface area contributed by atoms with Gasteiger partial charge in [0.1, 0.15) is 5.75 Å². The molecule has 2 aromatic rings. The van der Waals surface area contributed by atoms with E-state index in [0.717, 1.165) is 23.5 Å². The van der Waals surface area contributed by atoms with Crippen molar-refractivity contribution in [1.82, 2.24) is 4.57 Å². The Morgan fingerprint density at radius 1 is 1.35 bits per heavy atom. The normalized spacial score (nSPS) is 12.7. The Balaban J connectivity index is 2.47. The largest absolute Gasteiger partial charge is 0.573 e. The van der Waals surface area contributed by atoms with Crippen LogP contribution in [-0.4, -0.2) is 23.3 Å². The first kappa shape index (κ1) is 17.1. The molecule has 124 valence electrons. The van der Waals surface area contributed by atoms with Crippen LogP contribution >= 0.6 is 11.3 Å². The topological polar surface area (TPSA) is 43.6 Å². The summed E-state index contributed by atoms with van der Waals surface area (Å²) in [5, 5.41) is 0. The molecule has 10 heteroatoms. The molecule has 4 nitrogen and oxygen atoms in total. The zero-order valence-electron chi connectivity index (χ0n) is 11.5. The van der Waals surface area contributed by atoms with Crippen molar-refractivity contribution in [2.75, 3.05) is 0 Å². The van der Waals surface area contributed by atoms with Gasteiger partial charge in [0.05, 0.1) is 5.69 Å². The Bertz CT molecular complexity index is 779. The van der Waals surface area contributed by atoms with Crippen LogP contribution in [-0.2, 0) is 4.79 Å². The summed E-state index contributed by atoms with van der Waals surface area (Å²) < 4.78 is 66.4. The number of rotatable bonds is 3. The van der Waals surface area contributed by atoms with E-state index in [4.69, 9.17) is 0 Å². The number of halogens is 5. The smallest absolute Gasteiger partial charge is 0.406 e. The number of nitrogens with zero attached hydrogens (tertiary/aromatic N) is 2. The lowest BCUT2D eigenvalue weighted by molar-refractivity contribution is -0.274. The fraction of sp³-hybridized carbons (Fsp3) is 0.231. The summed E-state index contributed by atoms with van der Waals surface area (Å²) >= 11 is 0.953. The van der Waals surface area contributed by atoms with Gasteiger partial charge in [-0.15, -0.1) is 24.5 Å². The van der Waals surface area contributed by atoms with Crippen LogP contribution in [0.4, 0.5) is 22.0 Å². The number of benzene rings is 1. The molecule has 0 unspecified atom stereocenters. The second-order valence-corrected chi connectivity index (χ2v) is 5.50. The molecule has 1 aromatic heterocycles. The van der Waals surface area contributed by atoms with E-state index in [1.165, 1.54) is 22.9 Å². The lowest BCUT2D eigenvalue weighted by atomic mass is 10.3. The predicted molar refractivity (Wildman–Crippen MR) is 71.6 cm³/mol. The van der Waals surface area contributed by atoms with Crippen LogP contribution in [0.5, 0.6) is 5.75 Å². The summed E-state index contributed by atoms with van der Waals surface area (Å²) in [4.78, 5) is 14.9. The zero-order valence-corrected chi connectivity index (χ0v) is 12.3. The molecular weight excluding hydrogens is 343 g/mol. The highest BCUT2D eigenvalue weighted by atomic mass is 32.1. The molecule has 0 aliphatic carbocycles. The fourth-order valence-corrected chi connectivity index (χ4v) is 2.53. The lowest BCUT2D eigenvalue weighted by Crippen LogP contribution is -2.19. The maximum Gasteiger partial charge on any atom is 0.573 e. The van der Waals surface area contributed by atoms with Gasteiger partial charge in [-0.3, -0.25) is 9.36 Å². The highest BCUT2D eigenvalue weighted by Gasteiger charge is 2.31. The number of alkyl halides is 5. The lowest BCUT2D eigenvalue weighted by Gasteiger charge is -2.10. The van der Waals surface area contributed by atoms with Crippen LogP contribution in [0.1, 0.15) is 4.88 Å². The second-order valence-electron chi connectivity index (χ2n) is 4.29.